The average molecular weight is 326 g/mol. The van der Waals surface area contributed by atoms with Crippen molar-refractivity contribution in [2.75, 3.05) is 11.9 Å². The Morgan fingerprint density at radius 3 is 2.64 bits per heavy atom. The zero-order valence-corrected chi connectivity index (χ0v) is 10.8. The molecule has 0 spiro atoms. The Morgan fingerprint density at radius 1 is 1.21 bits per heavy atom. The van der Waals surface area contributed by atoms with E-state index in [4.69, 9.17) is 4.74 Å². The quantitative estimate of drug-likeness (QED) is 0.584. The third-order valence-corrected chi connectivity index (χ3v) is 2.65. The van der Waals surface area contributed by atoms with Crippen molar-refractivity contribution in [3.63, 3.8) is 0 Å². The van der Waals surface area contributed by atoms with Crippen LogP contribution in [0.5, 0.6) is 5.75 Å². The Labute approximate surface area is 99.9 Å². The van der Waals surface area contributed by atoms with Crippen LogP contribution < -0.4 is 4.74 Å². The van der Waals surface area contributed by atoms with Crippen LogP contribution in [0.2, 0.25) is 0 Å². The molecule has 1 aromatic carbocycles. The third-order valence-electron chi connectivity index (χ3n) is 1.63. The number of hydrogen-bond donors (Lipinski definition) is 0. The van der Waals surface area contributed by atoms with Gasteiger partial charge in [0.15, 0.2) is 0 Å². The SMILES string of the molecule is Fc1cc(Br)cc(OCCCCBr)c1. The minimum absolute atomic E-state index is 0.283. The van der Waals surface area contributed by atoms with E-state index in [9.17, 15) is 4.39 Å². The molecule has 4 heteroatoms. The van der Waals surface area contributed by atoms with Crippen LogP contribution in [0.25, 0.3) is 0 Å². The standard InChI is InChI=1S/C10H11Br2FO/c11-3-1-2-4-14-10-6-8(12)5-9(13)7-10/h5-7H,1-4H2. The topological polar surface area (TPSA) is 9.23 Å². The molecule has 0 bridgehead atoms. The first-order chi connectivity index (χ1) is 6.72. The molecule has 0 saturated heterocycles. The first-order valence-corrected chi connectivity index (χ1v) is 6.28. The second-order valence-electron chi connectivity index (χ2n) is 2.85. The molecule has 0 unspecified atom stereocenters. The molecule has 0 amide bonds. The highest BCUT2D eigenvalue weighted by Gasteiger charge is 1.99. The van der Waals surface area contributed by atoms with E-state index in [0.717, 1.165) is 18.2 Å². The summed E-state index contributed by atoms with van der Waals surface area (Å²) in [4.78, 5) is 0. The van der Waals surface area contributed by atoms with Crippen LogP contribution in [-0.2, 0) is 0 Å². The Hall–Kier alpha value is -0.0900. The van der Waals surface area contributed by atoms with Crippen molar-refractivity contribution in [1.82, 2.24) is 0 Å². The smallest absolute Gasteiger partial charge is 0.128 e. The van der Waals surface area contributed by atoms with Crippen LogP contribution in [-0.4, -0.2) is 11.9 Å². The summed E-state index contributed by atoms with van der Waals surface area (Å²) >= 11 is 6.54. The number of halogens is 3. The van der Waals surface area contributed by atoms with Crippen molar-refractivity contribution in [2.24, 2.45) is 0 Å². The highest BCUT2D eigenvalue weighted by Crippen LogP contribution is 2.20. The fourth-order valence-electron chi connectivity index (χ4n) is 0.998. The molecule has 0 aliphatic heterocycles. The lowest BCUT2D eigenvalue weighted by Crippen LogP contribution is -1.97. The minimum Gasteiger partial charge on any atom is -0.493 e. The summed E-state index contributed by atoms with van der Waals surface area (Å²) in [6.07, 6.45) is 2.04. The van der Waals surface area contributed by atoms with Gasteiger partial charge in [0.2, 0.25) is 0 Å². The van der Waals surface area contributed by atoms with Crippen LogP contribution in [0.15, 0.2) is 22.7 Å². The van der Waals surface area contributed by atoms with Crippen molar-refractivity contribution in [1.29, 1.82) is 0 Å². The maximum absolute atomic E-state index is 12.9. The van der Waals surface area contributed by atoms with Crippen LogP contribution in [0, 0.1) is 5.82 Å². The molecular formula is C10H11Br2FO. The Balaban J connectivity index is 2.42. The summed E-state index contributed by atoms with van der Waals surface area (Å²) < 4.78 is 19.0. The van der Waals surface area contributed by atoms with E-state index in [-0.39, 0.29) is 5.82 Å². The normalized spacial score (nSPS) is 10.2. The highest BCUT2D eigenvalue weighted by molar-refractivity contribution is 9.10. The van der Waals surface area contributed by atoms with E-state index >= 15 is 0 Å². The molecular weight excluding hydrogens is 315 g/mol. The molecule has 0 aliphatic carbocycles. The largest absolute Gasteiger partial charge is 0.493 e. The van der Waals surface area contributed by atoms with Crippen LogP contribution >= 0.6 is 31.9 Å². The number of benzene rings is 1. The summed E-state index contributed by atoms with van der Waals surface area (Å²) in [6, 6.07) is 4.56. The first-order valence-electron chi connectivity index (χ1n) is 4.37. The zero-order valence-electron chi connectivity index (χ0n) is 7.60. The van der Waals surface area contributed by atoms with Gasteiger partial charge in [-0.25, -0.2) is 4.39 Å². The number of hydrogen-bond acceptors (Lipinski definition) is 1. The molecule has 78 valence electrons. The van der Waals surface area contributed by atoms with Gasteiger partial charge in [-0.2, -0.15) is 0 Å². The van der Waals surface area contributed by atoms with Gasteiger partial charge in [-0.05, 0) is 25.0 Å². The fraction of sp³-hybridized carbons (Fsp3) is 0.400. The summed E-state index contributed by atoms with van der Waals surface area (Å²) in [7, 11) is 0. The Bertz CT molecular complexity index is 271. The van der Waals surface area contributed by atoms with Crippen LogP contribution in [0.4, 0.5) is 4.39 Å². The van der Waals surface area contributed by atoms with E-state index in [1.54, 1.807) is 6.07 Å². The minimum atomic E-state index is -0.283. The summed E-state index contributed by atoms with van der Waals surface area (Å²) in [5, 5.41) is 0.975. The van der Waals surface area contributed by atoms with Gasteiger partial charge in [0.25, 0.3) is 0 Å². The van der Waals surface area contributed by atoms with Crippen LogP contribution in [0.3, 0.4) is 0 Å². The van der Waals surface area contributed by atoms with E-state index in [1.807, 2.05) is 0 Å². The lowest BCUT2D eigenvalue weighted by molar-refractivity contribution is 0.308. The summed E-state index contributed by atoms with van der Waals surface area (Å²) in [6.45, 7) is 0.626. The Morgan fingerprint density at radius 2 is 2.00 bits per heavy atom. The molecule has 1 nitrogen and oxygen atoms in total. The molecule has 1 rings (SSSR count). The van der Waals surface area contributed by atoms with E-state index < -0.39 is 0 Å². The molecule has 0 fully saturated rings. The maximum Gasteiger partial charge on any atom is 0.128 e. The van der Waals surface area contributed by atoms with Gasteiger partial charge in [-0.15, -0.1) is 0 Å². The second-order valence-corrected chi connectivity index (χ2v) is 4.56. The van der Waals surface area contributed by atoms with E-state index in [1.165, 1.54) is 12.1 Å². The lowest BCUT2D eigenvalue weighted by atomic mass is 10.3. The van der Waals surface area contributed by atoms with Gasteiger partial charge in [-0.3, -0.25) is 0 Å². The molecule has 0 aromatic heterocycles. The molecule has 0 heterocycles. The molecule has 0 saturated carbocycles. The molecule has 0 atom stereocenters. The fourth-order valence-corrected chi connectivity index (χ4v) is 1.84. The van der Waals surface area contributed by atoms with Crippen molar-refractivity contribution in [2.45, 2.75) is 12.8 Å². The molecule has 14 heavy (non-hydrogen) atoms. The molecule has 0 N–H and O–H groups in total. The Kier molecular flexibility index (Phi) is 5.48. The van der Waals surface area contributed by atoms with Crippen LogP contribution in [0.1, 0.15) is 12.8 Å². The van der Waals surface area contributed by atoms with Gasteiger partial charge in [0.1, 0.15) is 11.6 Å². The number of rotatable bonds is 5. The summed E-state index contributed by atoms with van der Waals surface area (Å²) in [5.41, 5.74) is 0. The zero-order chi connectivity index (χ0) is 10.4. The van der Waals surface area contributed by atoms with E-state index in [2.05, 4.69) is 31.9 Å². The van der Waals surface area contributed by atoms with Crippen molar-refractivity contribution < 1.29 is 9.13 Å². The van der Waals surface area contributed by atoms with Gasteiger partial charge in [-0.1, -0.05) is 31.9 Å². The highest BCUT2D eigenvalue weighted by atomic mass is 79.9. The average Bonchev–Trinajstić information content (AvgIpc) is 2.11. The maximum atomic E-state index is 12.9. The van der Waals surface area contributed by atoms with Gasteiger partial charge in [0.05, 0.1) is 6.61 Å². The molecule has 0 radical (unpaired) electrons. The van der Waals surface area contributed by atoms with Crippen molar-refractivity contribution in [3.8, 4) is 5.75 Å². The van der Waals surface area contributed by atoms with Crippen molar-refractivity contribution >= 4 is 31.9 Å². The predicted octanol–water partition coefficient (Wildman–Crippen LogP) is 4.14. The molecule has 1 aromatic rings. The lowest BCUT2D eigenvalue weighted by Gasteiger charge is -2.05. The van der Waals surface area contributed by atoms with E-state index in [0.29, 0.717) is 16.8 Å². The van der Waals surface area contributed by atoms with Gasteiger partial charge >= 0.3 is 0 Å². The number of unbranched alkanes of at least 4 members (excludes halogenated alkanes) is 1. The predicted molar refractivity (Wildman–Crippen MR) is 62.6 cm³/mol. The second kappa shape index (κ2) is 6.40. The third kappa shape index (κ3) is 4.42. The monoisotopic (exact) mass is 324 g/mol. The van der Waals surface area contributed by atoms with Crippen molar-refractivity contribution in [3.05, 3.63) is 28.5 Å². The number of ether oxygens (including phenoxy) is 1. The van der Waals surface area contributed by atoms with Gasteiger partial charge in [0, 0.05) is 15.9 Å². The first kappa shape index (κ1) is 12.0. The van der Waals surface area contributed by atoms with Gasteiger partial charge < -0.3 is 4.74 Å². The molecule has 0 aliphatic rings. The number of alkyl halides is 1. The summed E-state index contributed by atoms with van der Waals surface area (Å²) in [5.74, 6) is 0.293.